The molecule has 1 aromatic heterocycles. The van der Waals surface area contributed by atoms with E-state index in [1.165, 1.54) is 16.7 Å². The second-order valence-electron chi connectivity index (χ2n) is 4.80. The van der Waals surface area contributed by atoms with Crippen molar-refractivity contribution in [2.24, 2.45) is 0 Å². The number of pyridine rings is 1. The van der Waals surface area contributed by atoms with E-state index in [-0.39, 0.29) is 11.3 Å². The highest BCUT2D eigenvalue weighted by molar-refractivity contribution is 8.00. The zero-order chi connectivity index (χ0) is 14.9. The first-order valence-electron chi connectivity index (χ1n) is 6.22. The van der Waals surface area contributed by atoms with Crippen LogP contribution in [0.5, 0.6) is 0 Å². The second kappa shape index (κ2) is 5.70. The molecular formula is C13H17N3O3S. The average Bonchev–Trinajstić information content (AvgIpc) is 2.80. The molecule has 0 aromatic carbocycles. The summed E-state index contributed by atoms with van der Waals surface area (Å²) in [6.45, 7) is 1.85. The van der Waals surface area contributed by atoms with Crippen molar-refractivity contribution in [3.05, 3.63) is 23.9 Å². The standard InChI is InChI=1S/C13H17N3O3S/c1-8-16(10(7-20-8)13(18)19)12(17)9-4-5-14-11(6-9)15(2)3/h4-6,8,10H,7H2,1-3H3,(H,18,19). The van der Waals surface area contributed by atoms with Crippen LogP contribution in [-0.4, -0.2) is 58.1 Å². The van der Waals surface area contributed by atoms with Crippen LogP contribution in [0.15, 0.2) is 18.3 Å². The summed E-state index contributed by atoms with van der Waals surface area (Å²) in [6, 6.07) is 2.53. The fourth-order valence-electron chi connectivity index (χ4n) is 2.09. The number of thioether (sulfide) groups is 1. The molecule has 2 atom stereocenters. The van der Waals surface area contributed by atoms with Gasteiger partial charge in [0.1, 0.15) is 11.9 Å². The number of aliphatic carboxylic acids is 1. The van der Waals surface area contributed by atoms with Gasteiger partial charge in [0.2, 0.25) is 0 Å². The highest BCUT2D eigenvalue weighted by Gasteiger charge is 2.39. The zero-order valence-corrected chi connectivity index (χ0v) is 12.4. The summed E-state index contributed by atoms with van der Waals surface area (Å²) < 4.78 is 0. The number of nitrogens with zero attached hydrogens (tertiary/aromatic N) is 3. The summed E-state index contributed by atoms with van der Waals surface area (Å²) in [4.78, 5) is 31.2. The SMILES string of the molecule is CC1SCC(C(=O)O)N1C(=O)c1ccnc(N(C)C)c1. The summed E-state index contributed by atoms with van der Waals surface area (Å²) >= 11 is 1.47. The van der Waals surface area contributed by atoms with Crippen molar-refractivity contribution in [2.75, 3.05) is 24.7 Å². The second-order valence-corrected chi connectivity index (χ2v) is 6.15. The molecule has 1 N–H and O–H groups in total. The van der Waals surface area contributed by atoms with Crippen LogP contribution >= 0.6 is 11.8 Å². The molecule has 1 aliphatic rings. The molecule has 0 spiro atoms. The predicted molar refractivity (Wildman–Crippen MR) is 78.1 cm³/mol. The third-order valence-electron chi connectivity index (χ3n) is 3.19. The Bertz CT molecular complexity index is 535. The van der Waals surface area contributed by atoms with Gasteiger partial charge in [-0.3, -0.25) is 4.79 Å². The Kier molecular flexibility index (Phi) is 4.17. The molecule has 1 aliphatic heterocycles. The van der Waals surface area contributed by atoms with Crippen molar-refractivity contribution in [1.82, 2.24) is 9.88 Å². The molecule has 2 unspecified atom stereocenters. The first kappa shape index (κ1) is 14.6. The van der Waals surface area contributed by atoms with Gasteiger partial charge in [0.15, 0.2) is 0 Å². The largest absolute Gasteiger partial charge is 0.480 e. The lowest BCUT2D eigenvalue weighted by atomic mass is 10.2. The molecule has 6 nitrogen and oxygen atoms in total. The van der Waals surface area contributed by atoms with Crippen LogP contribution < -0.4 is 4.90 Å². The van der Waals surface area contributed by atoms with E-state index >= 15 is 0 Å². The number of anilines is 1. The Labute approximate surface area is 121 Å². The highest BCUT2D eigenvalue weighted by atomic mass is 32.2. The maximum Gasteiger partial charge on any atom is 0.327 e. The first-order valence-corrected chi connectivity index (χ1v) is 7.27. The maximum absolute atomic E-state index is 12.6. The molecule has 108 valence electrons. The van der Waals surface area contributed by atoms with Crippen LogP contribution in [-0.2, 0) is 4.79 Å². The number of aromatic nitrogens is 1. The lowest BCUT2D eigenvalue weighted by Crippen LogP contribution is -2.44. The summed E-state index contributed by atoms with van der Waals surface area (Å²) in [5.74, 6) is -0.131. The van der Waals surface area contributed by atoms with E-state index in [0.29, 0.717) is 17.1 Å². The number of hydrogen-bond acceptors (Lipinski definition) is 5. The molecule has 2 heterocycles. The molecule has 0 radical (unpaired) electrons. The lowest BCUT2D eigenvalue weighted by Gasteiger charge is -2.25. The predicted octanol–water partition coefficient (Wildman–Crippen LogP) is 1.14. The summed E-state index contributed by atoms with van der Waals surface area (Å²) in [5.41, 5.74) is 0.462. The molecule has 20 heavy (non-hydrogen) atoms. The highest BCUT2D eigenvalue weighted by Crippen LogP contribution is 2.30. The normalized spacial score (nSPS) is 21.9. The third-order valence-corrected chi connectivity index (χ3v) is 4.41. The molecule has 0 saturated carbocycles. The Morgan fingerprint density at radius 1 is 1.50 bits per heavy atom. The van der Waals surface area contributed by atoms with Crippen molar-refractivity contribution >= 4 is 29.5 Å². The van der Waals surface area contributed by atoms with Gasteiger partial charge in [-0.1, -0.05) is 0 Å². The van der Waals surface area contributed by atoms with E-state index in [4.69, 9.17) is 0 Å². The van der Waals surface area contributed by atoms with E-state index in [9.17, 15) is 14.7 Å². The van der Waals surface area contributed by atoms with Crippen molar-refractivity contribution in [1.29, 1.82) is 0 Å². The van der Waals surface area contributed by atoms with Crippen LogP contribution in [0.25, 0.3) is 0 Å². The van der Waals surface area contributed by atoms with E-state index in [2.05, 4.69) is 4.98 Å². The van der Waals surface area contributed by atoms with Crippen LogP contribution in [0.1, 0.15) is 17.3 Å². The molecule has 1 aromatic rings. The summed E-state index contributed by atoms with van der Waals surface area (Å²) in [6.07, 6.45) is 1.56. The molecule has 0 bridgehead atoms. The Morgan fingerprint density at radius 3 is 2.80 bits per heavy atom. The van der Waals surface area contributed by atoms with Gasteiger partial charge in [-0.05, 0) is 19.1 Å². The van der Waals surface area contributed by atoms with Crippen molar-refractivity contribution < 1.29 is 14.7 Å². The van der Waals surface area contributed by atoms with E-state index in [1.807, 2.05) is 21.0 Å². The van der Waals surface area contributed by atoms with Gasteiger partial charge >= 0.3 is 5.97 Å². The lowest BCUT2D eigenvalue weighted by molar-refractivity contribution is -0.141. The first-order chi connectivity index (χ1) is 9.41. The smallest absolute Gasteiger partial charge is 0.327 e. The average molecular weight is 295 g/mol. The number of hydrogen-bond donors (Lipinski definition) is 1. The molecule has 0 aliphatic carbocycles. The van der Waals surface area contributed by atoms with Crippen LogP contribution in [0.3, 0.4) is 0 Å². The topological polar surface area (TPSA) is 73.7 Å². The minimum atomic E-state index is -0.961. The zero-order valence-electron chi connectivity index (χ0n) is 11.6. The van der Waals surface area contributed by atoms with Gasteiger partial charge in [0.05, 0.1) is 5.37 Å². The Morgan fingerprint density at radius 2 is 2.20 bits per heavy atom. The molecule has 1 fully saturated rings. The van der Waals surface area contributed by atoms with E-state index in [0.717, 1.165) is 0 Å². The number of carboxylic acid groups (broad SMARTS) is 1. The molecular weight excluding hydrogens is 278 g/mol. The van der Waals surface area contributed by atoms with Crippen molar-refractivity contribution in [2.45, 2.75) is 18.3 Å². The van der Waals surface area contributed by atoms with Gasteiger partial charge in [-0.15, -0.1) is 11.8 Å². The van der Waals surface area contributed by atoms with Gasteiger partial charge in [-0.2, -0.15) is 0 Å². The van der Waals surface area contributed by atoms with E-state index in [1.54, 1.807) is 23.2 Å². The van der Waals surface area contributed by atoms with Crippen LogP contribution in [0.4, 0.5) is 5.82 Å². The summed E-state index contributed by atoms with van der Waals surface area (Å²) in [5, 5.41) is 9.07. The van der Waals surface area contributed by atoms with Gasteiger partial charge in [-0.25, -0.2) is 9.78 Å². The number of rotatable bonds is 3. The van der Waals surface area contributed by atoms with Crippen molar-refractivity contribution in [3.63, 3.8) is 0 Å². The molecule has 7 heteroatoms. The Balaban J connectivity index is 2.30. The minimum absolute atomic E-state index is 0.139. The number of carbonyl (C=O) groups is 2. The number of carbonyl (C=O) groups excluding carboxylic acids is 1. The number of carboxylic acids is 1. The van der Waals surface area contributed by atoms with Crippen molar-refractivity contribution in [3.8, 4) is 0 Å². The minimum Gasteiger partial charge on any atom is -0.480 e. The Hall–Kier alpha value is -1.76. The van der Waals surface area contributed by atoms with Gasteiger partial charge < -0.3 is 14.9 Å². The molecule has 1 saturated heterocycles. The quantitative estimate of drug-likeness (QED) is 0.901. The van der Waals surface area contributed by atoms with Crippen LogP contribution in [0.2, 0.25) is 0 Å². The monoisotopic (exact) mass is 295 g/mol. The third kappa shape index (κ3) is 2.72. The molecule has 1 amide bonds. The van der Waals surface area contributed by atoms with Gasteiger partial charge in [0.25, 0.3) is 5.91 Å². The molecule has 2 rings (SSSR count). The van der Waals surface area contributed by atoms with Gasteiger partial charge in [0, 0.05) is 31.6 Å². The maximum atomic E-state index is 12.6. The summed E-state index contributed by atoms with van der Waals surface area (Å²) in [7, 11) is 3.68. The van der Waals surface area contributed by atoms with Crippen LogP contribution in [0, 0.1) is 0 Å². The number of amides is 1. The fraction of sp³-hybridized carbons (Fsp3) is 0.462. The fourth-order valence-corrected chi connectivity index (χ4v) is 3.25. The van der Waals surface area contributed by atoms with E-state index < -0.39 is 12.0 Å².